The van der Waals surface area contributed by atoms with Crippen molar-refractivity contribution < 1.29 is 4.39 Å². The molecule has 2 aromatic rings. The van der Waals surface area contributed by atoms with Crippen LogP contribution in [0.25, 0.3) is 0 Å². The van der Waals surface area contributed by atoms with E-state index < -0.39 is 0 Å². The molecule has 0 amide bonds. The first-order valence-corrected chi connectivity index (χ1v) is 7.21. The van der Waals surface area contributed by atoms with E-state index in [4.69, 9.17) is 5.73 Å². The lowest BCUT2D eigenvalue weighted by Gasteiger charge is -2.20. The van der Waals surface area contributed by atoms with Gasteiger partial charge in [0.05, 0.1) is 5.69 Å². The third kappa shape index (κ3) is 4.53. The molecule has 2 rings (SSSR count). The summed E-state index contributed by atoms with van der Waals surface area (Å²) in [4.78, 5) is 6.20. The van der Waals surface area contributed by atoms with Gasteiger partial charge in [-0.25, -0.2) is 4.39 Å². The third-order valence-electron chi connectivity index (χ3n) is 3.41. The second-order valence-corrected chi connectivity index (χ2v) is 5.46. The highest BCUT2D eigenvalue weighted by Gasteiger charge is 2.09. The van der Waals surface area contributed by atoms with Crippen molar-refractivity contribution >= 4 is 5.69 Å². The van der Waals surface area contributed by atoms with Gasteiger partial charge in [0, 0.05) is 37.9 Å². The van der Waals surface area contributed by atoms with Crippen LogP contribution in [0.5, 0.6) is 0 Å². The quantitative estimate of drug-likeness (QED) is 0.888. The Hall–Kier alpha value is -1.94. The van der Waals surface area contributed by atoms with E-state index in [9.17, 15) is 4.39 Å². The van der Waals surface area contributed by atoms with Crippen molar-refractivity contribution in [1.82, 2.24) is 4.98 Å². The molecule has 0 aliphatic heterocycles. The van der Waals surface area contributed by atoms with E-state index in [2.05, 4.69) is 4.98 Å². The van der Waals surface area contributed by atoms with Crippen LogP contribution < -0.4 is 10.6 Å². The number of nitrogens with zero attached hydrogens (tertiary/aromatic N) is 2. The summed E-state index contributed by atoms with van der Waals surface area (Å²) in [6.07, 6.45) is 3.26. The summed E-state index contributed by atoms with van der Waals surface area (Å²) in [6, 6.07) is 11.2. The van der Waals surface area contributed by atoms with Crippen LogP contribution in [0.2, 0.25) is 0 Å². The molecule has 0 aliphatic carbocycles. The van der Waals surface area contributed by atoms with Crippen LogP contribution in [-0.4, -0.2) is 24.6 Å². The van der Waals surface area contributed by atoms with E-state index in [1.807, 2.05) is 49.2 Å². The van der Waals surface area contributed by atoms with Crippen molar-refractivity contribution in [3.05, 3.63) is 59.7 Å². The van der Waals surface area contributed by atoms with E-state index >= 15 is 0 Å². The first-order chi connectivity index (χ1) is 10.1. The van der Waals surface area contributed by atoms with Gasteiger partial charge in [0.15, 0.2) is 0 Å². The van der Waals surface area contributed by atoms with Gasteiger partial charge in [-0.15, -0.1) is 0 Å². The fraction of sp³-hybridized carbons (Fsp3) is 0.353. The summed E-state index contributed by atoms with van der Waals surface area (Å²) >= 11 is 0. The lowest BCUT2D eigenvalue weighted by Crippen LogP contribution is -2.22. The largest absolute Gasteiger partial charge is 0.372 e. The molecule has 2 N–H and O–H groups in total. The Balaban J connectivity index is 2.00. The Morgan fingerprint density at radius 2 is 2.10 bits per heavy atom. The average Bonchev–Trinajstić information content (AvgIpc) is 2.45. The van der Waals surface area contributed by atoms with E-state index in [-0.39, 0.29) is 11.9 Å². The number of nitrogens with two attached hydrogens (primary N) is 1. The molecule has 1 unspecified atom stereocenters. The molecular formula is C17H22FN3. The van der Waals surface area contributed by atoms with Crippen molar-refractivity contribution in [3.8, 4) is 0 Å². The molecular weight excluding hydrogens is 265 g/mol. The molecule has 0 spiro atoms. The van der Waals surface area contributed by atoms with E-state index in [1.165, 1.54) is 0 Å². The summed E-state index contributed by atoms with van der Waals surface area (Å²) in [7, 11) is 1.90. The van der Waals surface area contributed by atoms with E-state index in [0.717, 1.165) is 24.2 Å². The van der Waals surface area contributed by atoms with Gasteiger partial charge in [-0.2, -0.15) is 0 Å². The van der Waals surface area contributed by atoms with Crippen LogP contribution in [0.3, 0.4) is 0 Å². The number of anilines is 1. The Morgan fingerprint density at radius 3 is 2.71 bits per heavy atom. The molecule has 21 heavy (non-hydrogen) atoms. The van der Waals surface area contributed by atoms with Gasteiger partial charge in [-0.05, 0) is 43.2 Å². The molecule has 112 valence electrons. The number of rotatable bonds is 6. The molecule has 1 aromatic carbocycles. The normalized spacial score (nSPS) is 12.2. The van der Waals surface area contributed by atoms with Crippen LogP contribution in [0.15, 0.2) is 42.6 Å². The van der Waals surface area contributed by atoms with Gasteiger partial charge in [-0.3, -0.25) is 4.98 Å². The highest BCUT2D eigenvalue weighted by Crippen LogP contribution is 2.20. The molecule has 0 saturated heterocycles. The molecule has 0 bridgehead atoms. The molecule has 3 nitrogen and oxygen atoms in total. The number of aromatic nitrogens is 1. The van der Waals surface area contributed by atoms with Gasteiger partial charge >= 0.3 is 0 Å². The van der Waals surface area contributed by atoms with Crippen molar-refractivity contribution in [3.63, 3.8) is 0 Å². The van der Waals surface area contributed by atoms with Crippen LogP contribution in [0, 0.1) is 5.82 Å². The second kappa shape index (κ2) is 7.18. The van der Waals surface area contributed by atoms with E-state index in [0.29, 0.717) is 12.1 Å². The summed E-state index contributed by atoms with van der Waals surface area (Å²) < 4.78 is 14.2. The third-order valence-corrected chi connectivity index (χ3v) is 3.41. The molecule has 1 atom stereocenters. The maximum absolute atomic E-state index is 14.2. The summed E-state index contributed by atoms with van der Waals surface area (Å²) in [5.41, 5.74) is 8.30. The summed E-state index contributed by atoms with van der Waals surface area (Å²) in [6.45, 7) is 2.64. The Bertz CT molecular complexity index is 570. The second-order valence-electron chi connectivity index (χ2n) is 5.46. The number of likely N-dealkylation sites (N-methyl/N-ethyl adjacent to an activating group) is 1. The highest BCUT2D eigenvalue weighted by atomic mass is 19.1. The predicted octanol–water partition coefficient (Wildman–Crippen LogP) is 2.79. The molecule has 4 heteroatoms. The van der Waals surface area contributed by atoms with Crippen LogP contribution in [-0.2, 0) is 12.8 Å². The number of pyridine rings is 1. The minimum atomic E-state index is -0.198. The van der Waals surface area contributed by atoms with Crippen LogP contribution in [0.4, 0.5) is 10.1 Å². The first kappa shape index (κ1) is 15.4. The number of hydrogen-bond acceptors (Lipinski definition) is 3. The molecule has 0 saturated carbocycles. The fourth-order valence-electron chi connectivity index (χ4n) is 2.31. The van der Waals surface area contributed by atoms with Gasteiger partial charge in [-0.1, -0.05) is 12.1 Å². The number of hydrogen-bond donors (Lipinski definition) is 1. The van der Waals surface area contributed by atoms with Crippen LogP contribution in [0.1, 0.15) is 18.2 Å². The molecule has 0 fully saturated rings. The van der Waals surface area contributed by atoms with E-state index in [1.54, 1.807) is 12.3 Å². The topological polar surface area (TPSA) is 42.1 Å². The van der Waals surface area contributed by atoms with Gasteiger partial charge in [0.25, 0.3) is 0 Å². The zero-order valence-corrected chi connectivity index (χ0v) is 12.6. The minimum absolute atomic E-state index is 0.0390. The molecule has 0 radical (unpaired) electrons. The monoisotopic (exact) mass is 287 g/mol. The lowest BCUT2D eigenvalue weighted by atomic mass is 10.1. The minimum Gasteiger partial charge on any atom is -0.372 e. The van der Waals surface area contributed by atoms with Crippen molar-refractivity contribution in [1.29, 1.82) is 0 Å². The van der Waals surface area contributed by atoms with Gasteiger partial charge in [0.1, 0.15) is 5.82 Å². The van der Waals surface area contributed by atoms with Crippen molar-refractivity contribution in [2.75, 3.05) is 18.5 Å². The maximum atomic E-state index is 14.2. The fourth-order valence-corrected chi connectivity index (χ4v) is 2.31. The zero-order valence-electron chi connectivity index (χ0n) is 12.6. The van der Waals surface area contributed by atoms with Crippen LogP contribution >= 0.6 is 0 Å². The smallest absolute Gasteiger partial charge is 0.146 e. The predicted molar refractivity (Wildman–Crippen MR) is 85.0 cm³/mol. The standard InChI is InChI=1S/C17H22FN3/c1-13(19)11-14-6-7-17(16(18)12-14)21(2)10-8-15-5-3-4-9-20-15/h3-7,9,12-13H,8,10-11,19H2,1-2H3. The Morgan fingerprint density at radius 1 is 1.29 bits per heavy atom. The molecule has 1 heterocycles. The van der Waals surface area contributed by atoms with Gasteiger partial charge < -0.3 is 10.6 Å². The zero-order chi connectivity index (χ0) is 15.2. The Kier molecular flexibility index (Phi) is 5.28. The SMILES string of the molecule is CC(N)Cc1ccc(N(C)CCc2ccccn2)c(F)c1. The summed E-state index contributed by atoms with van der Waals surface area (Å²) in [5, 5.41) is 0. The lowest BCUT2D eigenvalue weighted by molar-refractivity contribution is 0.617. The Labute approximate surface area is 125 Å². The highest BCUT2D eigenvalue weighted by molar-refractivity contribution is 5.48. The maximum Gasteiger partial charge on any atom is 0.146 e. The summed E-state index contributed by atoms with van der Waals surface area (Å²) in [5.74, 6) is -0.198. The van der Waals surface area contributed by atoms with Crippen molar-refractivity contribution in [2.45, 2.75) is 25.8 Å². The van der Waals surface area contributed by atoms with Gasteiger partial charge in [0.2, 0.25) is 0 Å². The number of halogens is 1. The molecule has 0 aliphatic rings. The number of benzene rings is 1. The van der Waals surface area contributed by atoms with Crippen molar-refractivity contribution in [2.24, 2.45) is 5.73 Å². The first-order valence-electron chi connectivity index (χ1n) is 7.21. The average molecular weight is 287 g/mol. The molecule has 1 aromatic heterocycles.